The number of hydrogen-bond acceptors (Lipinski definition) is 7. The summed E-state index contributed by atoms with van der Waals surface area (Å²) in [5.41, 5.74) is 7.19. The second-order valence-corrected chi connectivity index (χ2v) is 7.55. The van der Waals surface area contributed by atoms with Gasteiger partial charge in [0.05, 0.1) is 19.8 Å². The number of amides is 1. The number of nitrogens with two attached hydrogens (primary N) is 1. The fourth-order valence-corrected chi connectivity index (χ4v) is 3.99. The Kier molecular flexibility index (Phi) is 8.13. The second-order valence-electron chi connectivity index (χ2n) is 7.55. The molecular weight excluding hydrogens is 446 g/mol. The number of rotatable bonds is 7. The molecule has 33 heavy (non-hydrogen) atoms. The van der Waals surface area contributed by atoms with Crippen LogP contribution >= 0.6 is 12.4 Å². The van der Waals surface area contributed by atoms with Crippen molar-refractivity contribution in [3.63, 3.8) is 0 Å². The Labute approximate surface area is 198 Å². The standard InChI is InChI=1S/C23H27N5O4.ClH/c1-30-18-4-3-5-19(17(18)13-24)32-21-12-16(6-7-20(21)31-2)23(29)28-10-8-15(9-11-28)22-25-14-26-27-22;/h3-7,12,14-15H,8-11,13,24H2,1-2H3,(H,25,26,27);1H. The van der Waals surface area contributed by atoms with Crippen molar-refractivity contribution in [3.05, 3.63) is 59.7 Å². The van der Waals surface area contributed by atoms with Crippen molar-refractivity contribution in [3.8, 4) is 23.0 Å². The van der Waals surface area contributed by atoms with Gasteiger partial charge in [0.25, 0.3) is 5.91 Å². The molecule has 176 valence electrons. The molecule has 1 aromatic heterocycles. The van der Waals surface area contributed by atoms with Crippen molar-refractivity contribution in [2.24, 2.45) is 5.73 Å². The van der Waals surface area contributed by atoms with Gasteiger partial charge < -0.3 is 24.8 Å². The molecule has 1 saturated heterocycles. The summed E-state index contributed by atoms with van der Waals surface area (Å²) in [6.45, 7) is 1.56. The number of hydrogen-bond donors (Lipinski definition) is 2. The highest BCUT2D eigenvalue weighted by atomic mass is 35.5. The molecule has 0 saturated carbocycles. The number of carbonyl (C=O) groups is 1. The summed E-state index contributed by atoms with van der Waals surface area (Å²) < 4.78 is 17.0. The molecule has 0 bridgehead atoms. The van der Waals surface area contributed by atoms with Crippen molar-refractivity contribution in [2.75, 3.05) is 27.3 Å². The minimum Gasteiger partial charge on any atom is -0.496 e. The molecule has 9 nitrogen and oxygen atoms in total. The van der Waals surface area contributed by atoms with E-state index < -0.39 is 0 Å². The highest BCUT2D eigenvalue weighted by Gasteiger charge is 2.26. The van der Waals surface area contributed by atoms with Crippen LogP contribution in [-0.4, -0.2) is 53.3 Å². The summed E-state index contributed by atoms with van der Waals surface area (Å²) in [6.07, 6.45) is 3.19. The number of aromatic nitrogens is 3. The molecule has 1 aliphatic heterocycles. The molecule has 0 unspecified atom stereocenters. The molecule has 1 fully saturated rings. The lowest BCUT2D eigenvalue weighted by Crippen LogP contribution is -2.38. The van der Waals surface area contributed by atoms with Gasteiger partial charge in [-0.1, -0.05) is 6.07 Å². The summed E-state index contributed by atoms with van der Waals surface area (Å²) in [4.78, 5) is 19.3. The van der Waals surface area contributed by atoms with Gasteiger partial charge in [-0.25, -0.2) is 4.98 Å². The molecule has 1 aliphatic rings. The van der Waals surface area contributed by atoms with E-state index >= 15 is 0 Å². The van der Waals surface area contributed by atoms with Gasteiger partial charge in [0.15, 0.2) is 11.5 Å². The zero-order valence-electron chi connectivity index (χ0n) is 18.6. The van der Waals surface area contributed by atoms with E-state index in [1.54, 1.807) is 32.4 Å². The van der Waals surface area contributed by atoms with E-state index in [4.69, 9.17) is 19.9 Å². The number of carbonyl (C=O) groups excluding carboxylic acids is 1. The van der Waals surface area contributed by atoms with Gasteiger partial charge in [0.1, 0.15) is 23.7 Å². The van der Waals surface area contributed by atoms with E-state index in [1.165, 1.54) is 6.33 Å². The van der Waals surface area contributed by atoms with E-state index in [9.17, 15) is 4.79 Å². The minimum absolute atomic E-state index is 0. The fraction of sp³-hybridized carbons (Fsp3) is 0.348. The average molecular weight is 474 g/mol. The SMILES string of the molecule is COc1ccc(C(=O)N2CCC(c3ncn[nH]3)CC2)cc1Oc1cccc(OC)c1CN.Cl. The second kappa shape index (κ2) is 11.0. The Morgan fingerprint density at radius 1 is 1.09 bits per heavy atom. The maximum absolute atomic E-state index is 13.2. The number of aromatic amines is 1. The molecule has 4 rings (SSSR count). The topological polar surface area (TPSA) is 116 Å². The number of likely N-dealkylation sites (tertiary alicyclic amines) is 1. The maximum Gasteiger partial charge on any atom is 0.253 e. The van der Waals surface area contributed by atoms with Crippen molar-refractivity contribution < 1.29 is 19.0 Å². The Morgan fingerprint density at radius 2 is 1.82 bits per heavy atom. The van der Waals surface area contributed by atoms with Crippen molar-refractivity contribution in [2.45, 2.75) is 25.3 Å². The largest absolute Gasteiger partial charge is 0.496 e. The Balaban J connectivity index is 0.00000306. The third kappa shape index (κ3) is 5.20. The smallest absolute Gasteiger partial charge is 0.253 e. The van der Waals surface area contributed by atoms with E-state index in [0.29, 0.717) is 47.6 Å². The van der Waals surface area contributed by atoms with E-state index in [1.807, 2.05) is 23.1 Å². The Hall–Kier alpha value is -3.30. The number of nitrogens with zero attached hydrogens (tertiary/aromatic N) is 3. The Morgan fingerprint density at radius 3 is 2.45 bits per heavy atom. The molecule has 3 N–H and O–H groups in total. The van der Waals surface area contributed by atoms with Crippen LogP contribution in [0.4, 0.5) is 0 Å². The lowest BCUT2D eigenvalue weighted by molar-refractivity contribution is 0.0710. The molecule has 10 heteroatoms. The van der Waals surface area contributed by atoms with Gasteiger partial charge in [-0.05, 0) is 43.2 Å². The number of ether oxygens (including phenoxy) is 3. The van der Waals surface area contributed by atoms with E-state index in [-0.39, 0.29) is 24.9 Å². The first-order chi connectivity index (χ1) is 15.6. The molecule has 0 radical (unpaired) electrons. The number of halogens is 1. The van der Waals surface area contributed by atoms with Crippen LogP contribution in [0.5, 0.6) is 23.0 Å². The van der Waals surface area contributed by atoms with Crippen molar-refractivity contribution >= 4 is 18.3 Å². The summed E-state index contributed by atoms with van der Waals surface area (Å²) in [6, 6.07) is 10.7. The number of H-pyrrole nitrogens is 1. The monoisotopic (exact) mass is 473 g/mol. The maximum atomic E-state index is 13.2. The van der Waals surface area contributed by atoms with Gasteiger partial charge in [-0.2, -0.15) is 5.10 Å². The van der Waals surface area contributed by atoms with Crippen molar-refractivity contribution in [1.82, 2.24) is 20.1 Å². The number of piperidine rings is 1. The molecule has 0 atom stereocenters. The zero-order chi connectivity index (χ0) is 22.5. The highest BCUT2D eigenvalue weighted by Crippen LogP contribution is 2.37. The quantitative estimate of drug-likeness (QED) is 0.539. The first-order valence-electron chi connectivity index (χ1n) is 10.5. The third-order valence-corrected chi connectivity index (χ3v) is 5.75. The van der Waals surface area contributed by atoms with Gasteiger partial charge in [0, 0.05) is 31.1 Å². The summed E-state index contributed by atoms with van der Waals surface area (Å²) >= 11 is 0. The lowest BCUT2D eigenvalue weighted by atomic mass is 9.95. The van der Waals surface area contributed by atoms with Gasteiger partial charge in [-0.3, -0.25) is 9.89 Å². The van der Waals surface area contributed by atoms with Crippen LogP contribution in [0.25, 0.3) is 0 Å². The summed E-state index contributed by atoms with van der Waals surface area (Å²) in [5, 5.41) is 6.86. The minimum atomic E-state index is -0.0433. The molecule has 1 amide bonds. The third-order valence-electron chi connectivity index (χ3n) is 5.75. The van der Waals surface area contributed by atoms with Gasteiger partial charge >= 0.3 is 0 Å². The molecule has 0 aliphatic carbocycles. The average Bonchev–Trinajstić information content (AvgIpc) is 3.38. The molecule has 3 aromatic rings. The molecule has 2 heterocycles. The summed E-state index contributed by atoms with van der Waals surface area (Å²) in [5.74, 6) is 3.30. The van der Waals surface area contributed by atoms with Crippen LogP contribution < -0.4 is 19.9 Å². The van der Waals surface area contributed by atoms with Gasteiger partial charge in [-0.15, -0.1) is 12.4 Å². The molecule has 2 aromatic carbocycles. The van der Waals surface area contributed by atoms with Crippen LogP contribution in [-0.2, 0) is 6.54 Å². The van der Waals surface area contributed by atoms with Crippen LogP contribution in [0, 0.1) is 0 Å². The van der Waals surface area contributed by atoms with Crippen LogP contribution in [0.15, 0.2) is 42.7 Å². The highest BCUT2D eigenvalue weighted by molar-refractivity contribution is 5.95. The predicted octanol–water partition coefficient (Wildman–Crippen LogP) is 3.51. The first-order valence-corrected chi connectivity index (χ1v) is 10.5. The number of nitrogens with one attached hydrogen (secondary N) is 1. The van der Waals surface area contributed by atoms with Crippen LogP contribution in [0.2, 0.25) is 0 Å². The number of benzene rings is 2. The lowest BCUT2D eigenvalue weighted by Gasteiger charge is -2.31. The molecule has 0 spiro atoms. The predicted molar refractivity (Wildman–Crippen MR) is 125 cm³/mol. The Bertz CT molecular complexity index is 1070. The zero-order valence-corrected chi connectivity index (χ0v) is 19.4. The summed E-state index contributed by atoms with van der Waals surface area (Å²) in [7, 11) is 3.15. The van der Waals surface area contributed by atoms with E-state index in [2.05, 4.69) is 15.2 Å². The van der Waals surface area contributed by atoms with Gasteiger partial charge in [0.2, 0.25) is 0 Å². The first kappa shape index (κ1) is 24.3. The van der Waals surface area contributed by atoms with E-state index in [0.717, 1.165) is 24.2 Å². The fourth-order valence-electron chi connectivity index (χ4n) is 3.99. The van der Waals surface area contributed by atoms with Crippen molar-refractivity contribution in [1.29, 1.82) is 0 Å². The van der Waals surface area contributed by atoms with Crippen LogP contribution in [0.3, 0.4) is 0 Å². The normalized spacial score (nSPS) is 13.8. The number of methoxy groups -OCH3 is 2. The van der Waals surface area contributed by atoms with Crippen LogP contribution in [0.1, 0.15) is 40.5 Å². The molecular formula is C23H28ClN5O4.